The Hall–Kier alpha value is -1.64. The topological polar surface area (TPSA) is 37.3 Å². The summed E-state index contributed by atoms with van der Waals surface area (Å²) in [5, 5.41) is 4.69. The fraction of sp³-hybridized carbons (Fsp3) is 0.200. The zero-order chi connectivity index (χ0) is 9.68. The zero-order valence-electron chi connectivity index (χ0n) is 7.91. The summed E-state index contributed by atoms with van der Waals surface area (Å²) in [5.74, 6) is 0.826. The van der Waals surface area contributed by atoms with Crippen LogP contribution in [0.5, 0.6) is 0 Å². The molecule has 3 heteroatoms. The van der Waals surface area contributed by atoms with Gasteiger partial charge in [-0.05, 0) is 12.1 Å². The summed E-state index contributed by atoms with van der Waals surface area (Å²) in [6.07, 6.45) is 3.37. The third-order valence-corrected chi connectivity index (χ3v) is 1.47. The third-order valence-electron chi connectivity index (χ3n) is 1.47. The molecule has 1 aromatic heterocycles. The van der Waals surface area contributed by atoms with Crippen LogP contribution in [0.4, 0.5) is 5.82 Å². The second kappa shape index (κ2) is 4.40. The average molecular weight is 175 g/mol. The Bertz CT molecular complexity index is 407. The van der Waals surface area contributed by atoms with E-state index in [4.69, 9.17) is 0 Å². The fourth-order valence-corrected chi connectivity index (χ4v) is 0.946. The minimum Gasteiger partial charge on any atom is -0.331 e. The number of fused-ring (bicyclic) bond motifs is 1. The van der Waals surface area contributed by atoms with Gasteiger partial charge < -0.3 is 5.32 Å². The van der Waals surface area contributed by atoms with E-state index in [-0.39, 0.29) is 0 Å². The van der Waals surface area contributed by atoms with Gasteiger partial charge in [0.25, 0.3) is 0 Å². The highest BCUT2D eigenvalue weighted by atomic mass is 15.0. The lowest BCUT2D eigenvalue weighted by atomic mass is 10.3. The number of nitrogens with one attached hydrogen (secondary N) is 1. The minimum atomic E-state index is 0.764. The Kier molecular flexibility index (Phi) is 3.20. The molecule has 1 aliphatic rings. The van der Waals surface area contributed by atoms with E-state index in [0.717, 1.165) is 16.4 Å². The molecule has 0 saturated heterocycles. The van der Waals surface area contributed by atoms with Gasteiger partial charge in [0.2, 0.25) is 0 Å². The lowest BCUT2D eigenvalue weighted by Crippen LogP contribution is -2.20. The van der Waals surface area contributed by atoms with E-state index in [9.17, 15) is 0 Å². The monoisotopic (exact) mass is 175 g/mol. The normalized spacial score (nSPS) is 11.5. The van der Waals surface area contributed by atoms with E-state index in [1.54, 1.807) is 12.5 Å². The second-order valence-electron chi connectivity index (χ2n) is 2.29. The van der Waals surface area contributed by atoms with Crippen LogP contribution >= 0.6 is 0 Å². The number of nitrogens with zero attached hydrogens (tertiary/aromatic N) is 2. The number of aliphatic imine (C=N–C) groups is 1. The van der Waals surface area contributed by atoms with Gasteiger partial charge in [0, 0.05) is 11.4 Å². The Morgan fingerprint density at radius 3 is 2.85 bits per heavy atom. The van der Waals surface area contributed by atoms with Crippen LogP contribution in [-0.2, 0) is 0 Å². The number of pyridine rings is 1. The molecule has 0 fully saturated rings. The van der Waals surface area contributed by atoms with Crippen molar-refractivity contribution in [3.63, 3.8) is 0 Å². The zero-order valence-corrected chi connectivity index (χ0v) is 7.91. The summed E-state index contributed by atoms with van der Waals surface area (Å²) < 4.78 is 0. The summed E-state index contributed by atoms with van der Waals surface area (Å²) in [7, 11) is 0. The van der Waals surface area contributed by atoms with Crippen LogP contribution < -0.4 is 15.9 Å². The molecule has 0 spiro atoms. The fourth-order valence-electron chi connectivity index (χ4n) is 0.946. The first kappa shape index (κ1) is 9.45. The van der Waals surface area contributed by atoms with Crippen molar-refractivity contribution in [3.8, 4) is 0 Å². The lowest BCUT2D eigenvalue weighted by molar-refractivity contribution is 1.23. The van der Waals surface area contributed by atoms with Crippen LogP contribution in [0.1, 0.15) is 13.8 Å². The largest absolute Gasteiger partial charge is 0.331 e. The SMILES string of the molecule is C=c1ccc2c(n1)NC=NC=2.CC. The highest BCUT2D eigenvalue weighted by Gasteiger charge is 1.95. The summed E-state index contributed by atoms with van der Waals surface area (Å²) in [4.78, 5) is 8.10. The van der Waals surface area contributed by atoms with Crippen molar-refractivity contribution in [3.05, 3.63) is 22.7 Å². The van der Waals surface area contributed by atoms with E-state index in [0.29, 0.717) is 0 Å². The Labute approximate surface area is 77.5 Å². The van der Waals surface area contributed by atoms with Crippen molar-refractivity contribution in [2.45, 2.75) is 13.8 Å². The predicted octanol–water partition coefficient (Wildman–Crippen LogP) is 0.710. The molecule has 0 atom stereocenters. The standard InChI is InChI=1S/C8H7N3.C2H6/c1-6-2-3-7-4-9-5-10-8(7)11-6;1-2/h2-5H,1H2,(H,9,10,11);1-2H3. The molecule has 1 N–H and O–H groups in total. The van der Waals surface area contributed by atoms with Gasteiger partial charge >= 0.3 is 0 Å². The molecule has 0 radical (unpaired) electrons. The third kappa shape index (κ3) is 2.15. The van der Waals surface area contributed by atoms with E-state index >= 15 is 0 Å². The predicted molar refractivity (Wildman–Crippen MR) is 56.9 cm³/mol. The van der Waals surface area contributed by atoms with Crippen LogP contribution in [0.3, 0.4) is 0 Å². The van der Waals surface area contributed by atoms with Gasteiger partial charge in [-0.15, -0.1) is 0 Å². The van der Waals surface area contributed by atoms with Crippen LogP contribution in [0.15, 0.2) is 17.1 Å². The van der Waals surface area contributed by atoms with Gasteiger partial charge in [0.05, 0.1) is 11.7 Å². The quantitative estimate of drug-likeness (QED) is 0.630. The number of rotatable bonds is 0. The van der Waals surface area contributed by atoms with Crippen LogP contribution in [0.2, 0.25) is 0 Å². The molecule has 0 aliphatic carbocycles. The Morgan fingerprint density at radius 1 is 1.31 bits per heavy atom. The van der Waals surface area contributed by atoms with Crippen molar-refractivity contribution in [2.75, 3.05) is 5.32 Å². The summed E-state index contributed by atoms with van der Waals surface area (Å²) in [6, 6.07) is 3.80. The lowest BCUT2D eigenvalue weighted by Gasteiger charge is -2.02. The molecular formula is C10H13N3. The molecule has 2 heterocycles. The molecule has 1 aliphatic heterocycles. The van der Waals surface area contributed by atoms with Crippen molar-refractivity contribution in [1.82, 2.24) is 4.98 Å². The summed E-state index contributed by atoms with van der Waals surface area (Å²) >= 11 is 0. The molecule has 0 bridgehead atoms. The van der Waals surface area contributed by atoms with E-state index < -0.39 is 0 Å². The molecule has 0 unspecified atom stereocenters. The Balaban J connectivity index is 0.000000396. The van der Waals surface area contributed by atoms with E-state index in [2.05, 4.69) is 21.9 Å². The van der Waals surface area contributed by atoms with Crippen LogP contribution in [-0.4, -0.2) is 11.3 Å². The molecule has 68 valence electrons. The second-order valence-corrected chi connectivity index (χ2v) is 2.29. The molecule has 0 saturated carbocycles. The van der Waals surface area contributed by atoms with Gasteiger partial charge in [-0.2, -0.15) is 0 Å². The smallest absolute Gasteiger partial charge is 0.140 e. The van der Waals surface area contributed by atoms with Gasteiger partial charge in [-0.25, -0.2) is 9.98 Å². The first-order valence-electron chi connectivity index (χ1n) is 4.31. The first-order chi connectivity index (χ1) is 6.36. The van der Waals surface area contributed by atoms with Crippen LogP contribution in [0, 0.1) is 0 Å². The van der Waals surface area contributed by atoms with Crippen LogP contribution in [0.25, 0.3) is 12.8 Å². The summed E-state index contributed by atoms with van der Waals surface area (Å²) in [5.41, 5.74) is 0. The van der Waals surface area contributed by atoms with Gasteiger partial charge in [0.1, 0.15) is 5.82 Å². The number of hydrogen-bond donors (Lipinski definition) is 1. The van der Waals surface area contributed by atoms with Crippen molar-refractivity contribution in [2.24, 2.45) is 4.99 Å². The van der Waals surface area contributed by atoms with Gasteiger partial charge in [-0.3, -0.25) is 0 Å². The maximum absolute atomic E-state index is 4.17. The van der Waals surface area contributed by atoms with Crippen molar-refractivity contribution < 1.29 is 0 Å². The van der Waals surface area contributed by atoms with Gasteiger partial charge in [0.15, 0.2) is 0 Å². The highest BCUT2D eigenvalue weighted by Crippen LogP contribution is 1.91. The number of hydrogen-bond acceptors (Lipinski definition) is 3. The van der Waals surface area contributed by atoms with Gasteiger partial charge in [-0.1, -0.05) is 20.4 Å². The molecule has 3 nitrogen and oxygen atoms in total. The van der Waals surface area contributed by atoms with E-state index in [1.807, 2.05) is 26.0 Å². The average Bonchev–Trinajstić information content (AvgIpc) is 2.21. The van der Waals surface area contributed by atoms with Crippen molar-refractivity contribution in [1.29, 1.82) is 0 Å². The maximum atomic E-state index is 4.17. The summed E-state index contributed by atoms with van der Waals surface area (Å²) in [6.45, 7) is 7.72. The molecule has 1 aromatic rings. The molecule has 0 amide bonds. The van der Waals surface area contributed by atoms with E-state index in [1.165, 1.54) is 0 Å². The Morgan fingerprint density at radius 2 is 2.08 bits per heavy atom. The first-order valence-corrected chi connectivity index (χ1v) is 4.31. The highest BCUT2D eigenvalue weighted by molar-refractivity contribution is 5.78. The minimum absolute atomic E-state index is 0.764. The van der Waals surface area contributed by atoms with Crippen molar-refractivity contribution >= 4 is 24.9 Å². The molecule has 2 rings (SSSR count). The molecular weight excluding hydrogens is 162 g/mol. The maximum Gasteiger partial charge on any atom is 0.140 e. The number of aromatic nitrogens is 1. The molecule has 13 heavy (non-hydrogen) atoms. The molecule has 0 aromatic carbocycles. The number of anilines is 1.